The van der Waals surface area contributed by atoms with E-state index in [1.54, 1.807) is 0 Å². The lowest BCUT2D eigenvalue weighted by Gasteiger charge is -2.18. The number of halogens is 1. The average Bonchev–Trinajstić information content (AvgIpc) is 2.15. The third-order valence-corrected chi connectivity index (χ3v) is 2.76. The Kier molecular flexibility index (Phi) is 4.01. The SMILES string of the molecule is CCC1CC=C(CNC(N)=O)C=C1Cl. The van der Waals surface area contributed by atoms with E-state index in [4.69, 9.17) is 17.3 Å². The lowest BCUT2D eigenvalue weighted by Crippen LogP contribution is -2.31. The van der Waals surface area contributed by atoms with Crippen LogP contribution in [0.1, 0.15) is 19.8 Å². The predicted octanol–water partition coefficient (Wildman–Crippen LogP) is 2.13. The quantitative estimate of drug-likeness (QED) is 0.743. The van der Waals surface area contributed by atoms with Crippen LogP contribution in [0.5, 0.6) is 0 Å². The minimum Gasteiger partial charge on any atom is -0.352 e. The van der Waals surface area contributed by atoms with E-state index in [0.717, 1.165) is 23.4 Å². The van der Waals surface area contributed by atoms with Gasteiger partial charge in [-0.25, -0.2) is 4.79 Å². The van der Waals surface area contributed by atoms with Crippen LogP contribution < -0.4 is 11.1 Å². The van der Waals surface area contributed by atoms with Gasteiger partial charge in [0, 0.05) is 11.6 Å². The highest BCUT2D eigenvalue weighted by molar-refractivity contribution is 6.30. The van der Waals surface area contributed by atoms with Gasteiger partial charge in [0.05, 0.1) is 0 Å². The van der Waals surface area contributed by atoms with Crippen LogP contribution in [-0.2, 0) is 0 Å². The Balaban J connectivity index is 2.51. The molecule has 0 radical (unpaired) electrons. The van der Waals surface area contributed by atoms with Crippen molar-refractivity contribution in [2.45, 2.75) is 19.8 Å². The molecular formula is C10H15ClN2O. The predicted molar refractivity (Wildman–Crippen MR) is 58.0 cm³/mol. The van der Waals surface area contributed by atoms with Crippen LogP contribution in [0, 0.1) is 5.92 Å². The van der Waals surface area contributed by atoms with Gasteiger partial charge in [0.1, 0.15) is 0 Å². The molecule has 4 heteroatoms. The first-order valence-corrected chi connectivity index (χ1v) is 5.10. The molecular weight excluding hydrogens is 200 g/mol. The molecule has 2 amide bonds. The maximum absolute atomic E-state index is 10.5. The molecule has 0 fully saturated rings. The fraction of sp³-hybridized carbons (Fsp3) is 0.500. The minimum atomic E-state index is -0.506. The Bertz CT molecular complexity index is 284. The van der Waals surface area contributed by atoms with Crippen molar-refractivity contribution < 1.29 is 4.79 Å². The second kappa shape index (κ2) is 5.05. The zero-order valence-corrected chi connectivity index (χ0v) is 8.97. The Labute approximate surface area is 89.0 Å². The maximum atomic E-state index is 10.5. The highest BCUT2D eigenvalue weighted by Gasteiger charge is 2.14. The fourth-order valence-electron chi connectivity index (χ4n) is 1.43. The summed E-state index contributed by atoms with van der Waals surface area (Å²) in [6.07, 6.45) is 6.00. The number of hydrogen-bond acceptors (Lipinski definition) is 1. The first kappa shape index (κ1) is 11.1. The van der Waals surface area contributed by atoms with Crippen molar-refractivity contribution in [2.24, 2.45) is 11.7 Å². The average molecular weight is 215 g/mol. The molecule has 1 aliphatic rings. The van der Waals surface area contributed by atoms with E-state index in [-0.39, 0.29) is 0 Å². The van der Waals surface area contributed by atoms with Crippen molar-refractivity contribution in [1.82, 2.24) is 5.32 Å². The Morgan fingerprint density at radius 3 is 3.00 bits per heavy atom. The Morgan fingerprint density at radius 1 is 1.79 bits per heavy atom. The number of nitrogens with one attached hydrogen (secondary N) is 1. The molecule has 0 spiro atoms. The summed E-state index contributed by atoms with van der Waals surface area (Å²) in [6, 6.07) is -0.506. The molecule has 3 N–H and O–H groups in total. The Morgan fingerprint density at radius 2 is 2.50 bits per heavy atom. The van der Waals surface area contributed by atoms with Gasteiger partial charge in [0.15, 0.2) is 0 Å². The molecule has 3 nitrogen and oxygen atoms in total. The number of carbonyl (C=O) groups is 1. The smallest absolute Gasteiger partial charge is 0.312 e. The van der Waals surface area contributed by atoms with Gasteiger partial charge in [-0.2, -0.15) is 0 Å². The second-order valence-electron chi connectivity index (χ2n) is 3.37. The number of primary amides is 1. The van der Waals surface area contributed by atoms with Crippen molar-refractivity contribution in [1.29, 1.82) is 0 Å². The molecule has 0 saturated heterocycles. The molecule has 14 heavy (non-hydrogen) atoms. The zero-order valence-electron chi connectivity index (χ0n) is 8.22. The van der Waals surface area contributed by atoms with Crippen LogP contribution in [0.25, 0.3) is 0 Å². The van der Waals surface area contributed by atoms with E-state index in [9.17, 15) is 4.79 Å². The van der Waals surface area contributed by atoms with Crippen LogP contribution in [-0.4, -0.2) is 12.6 Å². The van der Waals surface area contributed by atoms with Crippen molar-refractivity contribution in [3.05, 3.63) is 22.8 Å². The number of carbonyl (C=O) groups excluding carboxylic acids is 1. The standard InChI is InChI=1S/C10H15ClN2O/c1-2-8-4-3-7(5-9(8)11)6-13-10(12)14/h3,5,8H,2,4,6H2,1H3,(H3,12,13,14). The van der Waals surface area contributed by atoms with Gasteiger partial charge in [0.2, 0.25) is 0 Å². The van der Waals surface area contributed by atoms with Gasteiger partial charge in [-0.1, -0.05) is 24.6 Å². The normalized spacial score (nSPS) is 21.1. The van der Waals surface area contributed by atoms with Crippen molar-refractivity contribution in [3.63, 3.8) is 0 Å². The summed E-state index contributed by atoms with van der Waals surface area (Å²) in [5.74, 6) is 0.439. The molecule has 0 aliphatic heterocycles. The third kappa shape index (κ3) is 3.07. The lowest BCUT2D eigenvalue weighted by atomic mass is 9.94. The molecule has 0 aromatic rings. The number of hydrogen-bond donors (Lipinski definition) is 2. The van der Waals surface area contributed by atoms with Gasteiger partial charge < -0.3 is 11.1 Å². The van der Waals surface area contributed by atoms with Gasteiger partial charge in [-0.15, -0.1) is 0 Å². The van der Waals surface area contributed by atoms with Crippen LogP contribution in [0.2, 0.25) is 0 Å². The number of urea groups is 1. The first-order chi connectivity index (χ1) is 6.63. The molecule has 78 valence electrons. The second-order valence-corrected chi connectivity index (χ2v) is 3.80. The molecule has 0 saturated carbocycles. The summed E-state index contributed by atoms with van der Waals surface area (Å²) in [5.41, 5.74) is 5.99. The van der Waals surface area contributed by atoms with Gasteiger partial charge in [0.25, 0.3) is 0 Å². The van der Waals surface area contributed by atoms with Gasteiger partial charge in [-0.05, 0) is 30.4 Å². The summed E-state index contributed by atoms with van der Waals surface area (Å²) in [4.78, 5) is 10.5. The van der Waals surface area contributed by atoms with E-state index in [0.29, 0.717) is 12.5 Å². The van der Waals surface area contributed by atoms with Gasteiger partial charge in [-0.3, -0.25) is 0 Å². The monoisotopic (exact) mass is 214 g/mol. The maximum Gasteiger partial charge on any atom is 0.312 e. The molecule has 1 rings (SSSR count). The van der Waals surface area contributed by atoms with E-state index < -0.39 is 6.03 Å². The zero-order chi connectivity index (χ0) is 10.6. The molecule has 0 heterocycles. The summed E-state index contributed by atoms with van der Waals surface area (Å²) in [7, 11) is 0. The third-order valence-electron chi connectivity index (χ3n) is 2.34. The minimum absolute atomic E-state index is 0.439. The molecule has 0 aromatic heterocycles. The number of nitrogens with two attached hydrogens (primary N) is 1. The highest BCUT2D eigenvalue weighted by Crippen LogP contribution is 2.28. The van der Waals surface area contributed by atoms with Crippen molar-refractivity contribution in [2.75, 3.05) is 6.54 Å². The highest BCUT2D eigenvalue weighted by atomic mass is 35.5. The van der Waals surface area contributed by atoms with E-state index >= 15 is 0 Å². The van der Waals surface area contributed by atoms with Crippen LogP contribution in [0.15, 0.2) is 22.8 Å². The lowest BCUT2D eigenvalue weighted by molar-refractivity contribution is 0.249. The van der Waals surface area contributed by atoms with E-state index in [2.05, 4.69) is 18.3 Å². The van der Waals surface area contributed by atoms with Crippen LogP contribution in [0.4, 0.5) is 4.79 Å². The summed E-state index contributed by atoms with van der Waals surface area (Å²) < 4.78 is 0. The molecule has 1 unspecified atom stereocenters. The summed E-state index contributed by atoms with van der Waals surface area (Å²) in [6.45, 7) is 2.57. The van der Waals surface area contributed by atoms with E-state index in [1.165, 1.54) is 0 Å². The van der Waals surface area contributed by atoms with Crippen molar-refractivity contribution in [3.8, 4) is 0 Å². The van der Waals surface area contributed by atoms with Crippen LogP contribution >= 0.6 is 11.6 Å². The number of amides is 2. The largest absolute Gasteiger partial charge is 0.352 e. The molecule has 1 aliphatic carbocycles. The Hall–Kier alpha value is -0.960. The number of rotatable bonds is 3. The molecule has 0 bridgehead atoms. The summed E-state index contributed by atoms with van der Waals surface area (Å²) >= 11 is 6.07. The van der Waals surface area contributed by atoms with Gasteiger partial charge >= 0.3 is 6.03 Å². The fourth-order valence-corrected chi connectivity index (χ4v) is 1.82. The number of allylic oxidation sites excluding steroid dienone is 2. The molecule has 1 atom stereocenters. The topological polar surface area (TPSA) is 55.1 Å². The molecule has 0 aromatic carbocycles. The first-order valence-electron chi connectivity index (χ1n) is 4.73. The van der Waals surface area contributed by atoms with E-state index in [1.807, 2.05) is 6.08 Å². The van der Waals surface area contributed by atoms with Crippen LogP contribution in [0.3, 0.4) is 0 Å². The summed E-state index contributed by atoms with van der Waals surface area (Å²) in [5, 5.41) is 3.41. The van der Waals surface area contributed by atoms with Crippen molar-refractivity contribution >= 4 is 17.6 Å².